The summed E-state index contributed by atoms with van der Waals surface area (Å²) in [4.78, 5) is 225. The van der Waals surface area contributed by atoms with Crippen molar-refractivity contribution in [2.45, 2.75) is 374 Å². The number of ether oxygens (including phenoxy) is 1. The highest BCUT2D eigenvalue weighted by Crippen LogP contribution is 2.67. The third-order valence-electron chi connectivity index (χ3n) is 31.4. The maximum absolute atomic E-state index is 14.4. The average Bonchev–Trinajstić information content (AvgIpc) is 1.65. The molecule has 4 aromatic rings. The first-order chi connectivity index (χ1) is 70.3. The van der Waals surface area contributed by atoms with Crippen LogP contribution >= 0.6 is 0 Å². The Labute approximate surface area is 876 Å². The molecule has 149 heavy (non-hydrogen) atoms. The van der Waals surface area contributed by atoms with Crippen LogP contribution in [0.15, 0.2) is 97.1 Å². The molecule has 35 nitrogen and oxygen atoms in total. The Morgan fingerprint density at radius 3 is 1.09 bits per heavy atom. The number of ketones is 6. The molecule has 2 saturated heterocycles. The maximum atomic E-state index is 14.4. The van der Waals surface area contributed by atoms with E-state index in [0.29, 0.717) is 67.9 Å². The number of carbonyl (C=O) groups excluding carboxylic acids is 13. The van der Waals surface area contributed by atoms with Crippen LogP contribution in [0.1, 0.15) is 316 Å². The molecule has 12 rings (SSSR count). The zero-order valence-electron chi connectivity index (χ0n) is 89.8. The molecule has 8 aliphatic rings. The lowest BCUT2D eigenvalue weighted by molar-refractivity contribution is -0.199. The van der Waals surface area contributed by atoms with E-state index in [1.165, 1.54) is 25.0 Å². The van der Waals surface area contributed by atoms with Crippen molar-refractivity contribution in [1.29, 1.82) is 0 Å². The largest absolute Gasteiger partial charge is 0.481 e. The number of carbonyl (C=O) groups is 17. The molecule has 2 unspecified atom stereocenters. The number of carboxylic acids is 4. The van der Waals surface area contributed by atoms with Gasteiger partial charge in [0.25, 0.3) is 0 Å². The molecular weight excluding hydrogens is 1910 g/mol. The van der Waals surface area contributed by atoms with Gasteiger partial charge in [0.15, 0.2) is 34.7 Å². The number of aryl methyl sites for hydroxylation is 2. The van der Waals surface area contributed by atoms with Crippen molar-refractivity contribution >= 4 is 114 Å². The van der Waals surface area contributed by atoms with E-state index >= 15 is 0 Å². The summed E-state index contributed by atoms with van der Waals surface area (Å²) in [7, 11) is -1.18. The normalized spacial score (nSPS) is 21.9. The first kappa shape index (κ1) is 121. The number of benzene rings is 4. The van der Waals surface area contributed by atoms with Gasteiger partial charge in [-0.1, -0.05) is 205 Å². The van der Waals surface area contributed by atoms with Gasteiger partial charge in [-0.3, -0.25) is 67.1 Å². The Bertz CT molecular complexity index is 5330. The zero-order valence-corrected chi connectivity index (χ0v) is 89.8. The minimum atomic E-state index is -1.79. The molecule has 2 heterocycles. The average molecular weight is 2070 g/mol. The van der Waals surface area contributed by atoms with Gasteiger partial charge in [0.2, 0.25) is 35.4 Å². The number of amides is 7. The van der Waals surface area contributed by atoms with Gasteiger partial charge >= 0.3 is 44.2 Å². The molecule has 0 radical (unpaired) electrons. The van der Waals surface area contributed by atoms with Crippen molar-refractivity contribution in [3.63, 3.8) is 0 Å². The van der Waals surface area contributed by atoms with Crippen LogP contribution < -0.4 is 48.7 Å². The summed E-state index contributed by atoms with van der Waals surface area (Å²) in [6, 6.07) is 22.0. The Morgan fingerprint density at radius 1 is 0.409 bits per heavy atom. The molecule has 4 bridgehead atoms. The van der Waals surface area contributed by atoms with E-state index < -0.39 is 232 Å². The number of hydrogen-bond donors (Lipinski definition) is 13. The topological polar surface area (TPSA) is 554 Å². The van der Waals surface area contributed by atoms with Gasteiger partial charge in [0.05, 0.1) is 72.3 Å². The number of unbranched alkanes of at least 4 members (excludes halogenated alkanes) is 5. The quantitative estimate of drug-likeness (QED) is 0.0111. The summed E-state index contributed by atoms with van der Waals surface area (Å²) in [5.74, 6) is -16.6. The predicted molar refractivity (Wildman–Crippen MR) is 562 cm³/mol. The molecule has 0 spiro atoms. The summed E-state index contributed by atoms with van der Waals surface area (Å²) in [5.41, 5.74) is 17.1. The summed E-state index contributed by atoms with van der Waals surface area (Å²) in [5, 5.41) is 55.2. The van der Waals surface area contributed by atoms with E-state index in [0.717, 1.165) is 99.3 Å². The van der Waals surface area contributed by atoms with Crippen LogP contribution in [0, 0.1) is 58.2 Å². The molecule has 7 amide bonds. The smallest absolute Gasteiger partial charge is 0.461 e. The Morgan fingerprint density at radius 2 is 0.752 bits per heavy atom. The monoisotopic (exact) mass is 2070 g/mol. The van der Waals surface area contributed by atoms with E-state index in [1.807, 2.05) is 57.2 Å². The van der Waals surface area contributed by atoms with E-state index in [9.17, 15) is 96.8 Å². The van der Waals surface area contributed by atoms with Crippen LogP contribution in [0.3, 0.4) is 0 Å². The molecule has 20 atom stereocenters. The van der Waals surface area contributed by atoms with Gasteiger partial charge in [-0.25, -0.2) is 14.4 Å². The maximum Gasteiger partial charge on any atom is 0.461 e. The summed E-state index contributed by atoms with van der Waals surface area (Å²) < 4.78 is 31.6. The molecule has 6 saturated carbocycles. The van der Waals surface area contributed by atoms with E-state index in [2.05, 4.69) is 117 Å². The van der Waals surface area contributed by atoms with E-state index in [-0.39, 0.29) is 89.8 Å². The van der Waals surface area contributed by atoms with Crippen molar-refractivity contribution < 1.29 is 125 Å². The lowest BCUT2D eigenvalue weighted by Crippen LogP contribution is -2.65. The first-order valence-electron chi connectivity index (χ1n) is 53.6. The van der Waals surface area contributed by atoms with Crippen molar-refractivity contribution in [3.8, 4) is 22.3 Å². The second-order valence-corrected chi connectivity index (χ2v) is 44.8. The van der Waals surface area contributed by atoms with Crippen molar-refractivity contribution in [3.05, 3.63) is 119 Å². The van der Waals surface area contributed by atoms with Crippen molar-refractivity contribution in [2.75, 3.05) is 19.6 Å². The van der Waals surface area contributed by atoms with Gasteiger partial charge in [-0.15, -0.1) is 0 Å². The number of alkyl carbamates (subject to hydrolysis) is 1. The Hall–Kier alpha value is -11.2. The third kappa shape index (κ3) is 33.9. The number of carboxylic acid groups (broad SMARTS) is 4. The second kappa shape index (κ2) is 55.2. The Kier molecular flexibility index (Phi) is 44.9. The third-order valence-corrected chi connectivity index (χ3v) is 31.4. The van der Waals surface area contributed by atoms with Gasteiger partial charge in [0, 0.05) is 87.4 Å². The minimum Gasteiger partial charge on any atom is -0.481 e. The highest BCUT2D eigenvalue weighted by atomic mass is 16.7. The highest BCUT2D eigenvalue weighted by Gasteiger charge is 2.70. The SMILES string of the molecule is CCCCC[C@H](NC(=O)[C@H](C)CC(=O)[C@H](CCC(=O)N[C@H](CC(=O)O)C(=O)O)NC(=O)[C@H](CNC(=O)OC(C)(C)C)CC(=O)c1ccc(-c2ccc(CCCC)cc2)cc1)C(=O)C[C@@H](C)B1OC2C[C@@H]3C[C@@H](C3(C)C)[C@]2(C)O1.CCCCc1ccc(-c2ccc(C(=O)C[C@@H](CN)C(=O)N[C@@H](CCC(=O)N[C@H](CC(=O)O)C(=O)O)C(=O)C[C@@H](C)C(=O)N[C@@H](CCCCN)C(=O)C[C@@H](C)B3OC4C[C@@H]5C[C@@H](C5(C)C)[C@]4(C)O3)cc2)cc1. The molecule has 37 heteroatoms. The molecule has 816 valence electrons. The molecule has 2 aliphatic heterocycles. The van der Waals surface area contributed by atoms with E-state index in [4.69, 9.17) is 39.9 Å². The lowest BCUT2D eigenvalue weighted by atomic mass is 9.43. The molecule has 0 aromatic heterocycles. The van der Waals surface area contributed by atoms with Crippen molar-refractivity contribution in [1.82, 2.24) is 37.2 Å². The minimum absolute atomic E-state index is 0.0574. The number of hydrogen-bond acceptors (Lipinski definition) is 24. The fourth-order valence-electron chi connectivity index (χ4n) is 21.8. The number of aliphatic carboxylic acids is 4. The van der Waals surface area contributed by atoms with Gasteiger partial charge in [0.1, 0.15) is 17.7 Å². The molecule has 8 fully saturated rings. The molecule has 15 N–H and O–H groups in total. The number of rotatable bonds is 61. The van der Waals surface area contributed by atoms with Gasteiger partial charge < -0.3 is 92.5 Å². The predicted octanol–water partition coefficient (Wildman–Crippen LogP) is 13.9. The van der Waals surface area contributed by atoms with Crippen LogP contribution in [0.2, 0.25) is 11.6 Å². The number of nitrogens with one attached hydrogen (secondary N) is 7. The van der Waals surface area contributed by atoms with Crippen LogP contribution in [0.5, 0.6) is 0 Å². The van der Waals surface area contributed by atoms with Crippen molar-refractivity contribution in [2.24, 2.45) is 69.6 Å². The summed E-state index contributed by atoms with van der Waals surface area (Å²) >= 11 is 0. The van der Waals surface area contributed by atoms with Crippen LogP contribution in [-0.2, 0) is 103 Å². The van der Waals surface area contributed by atoms with Gasteiger partial charge in [-0.2, -0.15) is 0 Å². The highest BCUT2D eigenvalue weighted by molar-refractivity contribution is 6.48. The first-order valence-corrected chi connectivity index (χ1v) is 53.6. The number of Topliss-reactive ketones (excluding diaryl/α,β-unsaturated/α-hetero) is 6. The van der Waals surface area contributed by atoms with Crippen LogP contribution in [0.25, 0.3) is 22.3 Å². The summed E-state index contributed by atoms with van der Waals surface area (Å²) in [6.45, 7) is 31.1. The second-order valence-electron chi connectivity index (χ2n) is 44.8. The fraction of sp³-hybridized carbons (Fsp3) is 0.634. The Balaban J connectivity index is 0.000000332. The van der Waals surface area contributed by atoms with E-state index in [1.54, 1.807) is 57.2 Å². The standard InChI is InChI=1S/C59H85BN4O14.C53H76BN5O12/c1-11-13-15-17-43(48(67)29-36(4)60-77-50-32-42-31-49(58(42,8)9)59(50,10)78-60)63-53(71)35(3)28-47(66)44(26-27-51(68)62-45(55(73)74)33-52(69)70)64-54(72)41(34-61-56(75)76-57(5,6)7)30-46(65)40-24-22-39(23-25-40)38-20-18-37(19-21-38)16-14-12-2;1-7-8-11-33-13-15-34(16-14-33)35-17-19-36(20-18-35)42(60)26-37(30-56)50(67)59-40(21-22-47(63)57-41(51(68)69)29-48(64)65)43(61)24-31(2)49(66)58-39(12-9-10-23-55)44(62)25-32(3)54-70-46-28-38-27-45(52(38,4)5)53(46,6)71-54/h18-25,35-36,41-45,49-50H,11-17,26-34H2,1-10H3,(H,61,75)(H,62,68)(H,63,71)(H,64,72)(H,69,70)(H,73,74);13-20,31-32,37-41,45-46H,7-12,21-30,55-56H2,1-6H3,(H,57,63)(H,58,66)(H,59,67)(H,64,65)(H,68,69)/t35-,36-,41+,42+,43+,44+,45-,49+,50?,59+;31-,32-,37+,38+,39+,40+,41-,45+,46?,53+/m11/s1. The lowest BCUT2D eigenvalue weighted by Gasteiger charge is -2.64. The molecule has 6 aliphatic carbocycles. The fourth-order valence-corrected chi connectivity index (χ4v) is 21.8. The molecular formula is C112H161B2N9O26. The summed E-state index contributed by atoms with van der Waals surface area (Å²) in [6.07, 6.45) is 8.30. The zero-order chi connectivity index (χ0) is 110. The van der Waals surface area contributed by atoms with Crippen LogP contribution in [0.4, 0.5) is 4.79 Å². The van der Waals surface area contributed by atoms with Gasteiger partial charge in [-0.05, 0) is 211 Å². The number of nitrogens with two attached hydrogens (primary N) is 2. The van der Waals surface area contributed by atoms with Crippen LogP contribution in [-0.4, -0.2) is 220 Å². The molecule has 4 aromatic carbocycles.